The minimum atomic E-state index is -1.02. The third-order valence-corrected chi connectivity index (χ3v) is 3.69. The number of benzene rings is 1. The molecule has 1 heterocycles. The molecule has 1 aliphatic heterocycles. The van der Waals surface area contributed by atoms with Crippen molar-refractivity contribution in [2.75, 3.05) is 11.4 Å². The van der Waals surface area contributed by atoms with Gasteiger partial charge in [0.2, 0.25) is 0 Å². The maximum absolute atomic E-state index is 12.4. The van der Waals surface area contributed by atoms with Crippen LogP contribution in [0, 0.1) is 0 Å². The summed E-state index contributed by atoms with van der Waals surface area (Å²) in [7, 11) is 0. The molecule has 0 bridgehead atoms. The maximum Gasteiger partial charge on any atom is 0.415 e. The number of nitrogens with zero attached hydrogens (tertiary/aromatic N) is 1. The number of carbonyl (C=O) groups excluding carboxylic acids is 1. The van der Waals surface area contributed by atoms with E-state index in [9.17, 15) is 9.59 Å². The lowest BCUT2D eigenvalue weighted by atomic mass is 10.1. The Hall–Kier alpha value is -2.24. The van der Waals surface area contributed by atoms with Crippen LogP contribution in [0.3, 0.4) is 0 Å². The molecule has 1 aromatic carbocycles. The number of fused-ring (bicyclic) bond motifs is 1. The molecule has 3 rings (SSSR count). The highest BCUT2D eigenvalue weighted by Crippen LogP contribution is 2.48. The highest BCUT2D eigenvalue weighted by molar-refractivity contribution is 5.94. The molecule has 1 spiro atoms. The molecule has 6 heteroatoms. The van der Waals surface area contributed by atoms with Crippen LogP contribution in [0.1, 0.15) is 44.0 Å². The van der Waals surface area contributed by atoms with Crippen LogP contribution in [0.15, 0.2) is 18.2 Å². The minimum Gasteiger partial charge on any atom is -0.483 e. The number of rotatable bonds is 1. The van der Waals surface area contributed by atoms with Crippen LogP contribution >= 0.6 is 0 Å². The van der Waals surface area contributed by atoms with Crippen molar-refractivity contribution < 1.29 is 24.2 Å². The van der Waals surface area contributed by atoms with Gasteiger partial charge < -0.3 is 14.6 Å². The Morgan fingerprint density at radius 2 is 2.00 bits per heavy atom. The Balaban J connectivity index is 1.96. The van der Waals surface area contributed by atoms with E-state index < -0.39 is 17.7 Å². The molecular formula is C16H19NO5. The molecule has 118 valence electrons. The van der Waals surface area contributed by atoms with Gasteiger partial charge in [0.05, 0.1) is 17.8 Å². The van der Waals surface area contributed by atoms with Crippen molar-refractivity contribution in [1.82, 2.24) is 0 Å². The molecule has 22 heavy (non-hydrogen) atoms. The van der Waals surface area contributed by atoms with E-state index in [4.69, 9.17) is 14.6 Å². The molecule has 2 aliphatic rings. The topological polar surface area (TPSA) is 76.1 Å². The number of aromatic carboxylic acids is 1. The molecule has 0 unspecified atom stereocenters. The van der Waals surface area contributed by atoms with Crippen LogP contribution < -0.4 is 9.64 Å². The maximum atomic E-state index is 12.4. The third-order valence-electron chi connectivity index (χ3n) is 3.69. The van der Waals surface area contributed by atoms with Gasteiger partial charge in [0, 0.05) is 0 Å². The van der Waals surface area contributed by atoms with Crippen molar-refractivity contribution in [3.63, 3.8) is 0 Å². The van der Waals surface area contributed by atoms with Crippen LogP contribution in [0.25, 0.3) is 0 Å². The highest BCUT2D eigenvalue weighted by Gasteiger charge is 2.52. The van der Waals surface area contributed by atoms with Crippen molar-refractivity contribution >= 4 is 17.7 Å². The fourth-order valence-electron chi connectivity index (χ4n) is 2.47. The second kappa shape index (κ2) is 4.63. The van der Waals surface area contributed by atoms with E-state index in [-0.39, 0.29) is 11.2 Å². The molecule has 1 saturated carbocycles. The largest absolute Gasteiger partial charge is 0.483 e. The second-order valence-corrected chi connectivity index (χ2v) is 6.84. The van der Waals surface area contributed by atoms with Crippen LogP contribution in [-0.2, 0) is 4.74 Å². The predicted octanol–water partition coefficient (Wildman–Crippen LogP) is 3.05. The molecule has 1 aromatic rings. The summed E-state index contributed by atoms with van der Waals surface area (Å²) in [5.74, 6) is -0.597. The van der Waals surface area contributed by atoms with Gasteiger partial charge in [0.25, 0.3) is 0 Å². The van der Waals surface area contributed by atoms with Gasteiger partial charge in [-0.15, -0.1) is 0 Å². The van der Waals surface area contributed by atoms with E-state index in [1.807, 2.05) is 20.8 Å². The van der Waals surface area contributed by atoms with E-state index in [0.29, 0.717) is 18.0 Å². The van der Waals surface area contributed by atoms with Crippen LogP contribution in [-0.4, -0.2) is 34.9 Å². The molecule has 1 aliphatic carbocycles. The Labute approximate surface area is 128 Å². The van der Waals surface area contributed by atoms with E-state index in [1.165, 1.54) is 12.1 Å². The fourth-order valence-corrected chi connectivity index (χ4v) is 2.47. The lowest BCUT2D eigenvalue weighted by Crippen LogP contribution is -2.47. The number of carbonyl (C=O) groups is 2. The Morgan fingerprint density at radius 1 is 1.32 bits per heavy atom. The number of carboxylic acid groups (broad SMARTS) is 1. The molecular weight excluding hydrogens is 286 g/mol. The molecule has 1 amide bonds. The minimum absolute atomic E-state index is 0.139. The van der Waals surface area contributed by atoms with Gasteiger partial charge >= 0.3 is 12.1 Å². The first-order valence-electron chi connectivity index (χ1n) is 7.26. The molecule has 1 N–H and O–H groups in total. The highest BCUT2D eigenvalue weighted by atomic mass is 16.6. The standard InChI is InChI=1S/C16H19NO5/c1-15(2,3)22-14(20)17-9-16(6-7-16)21-12-8-10(13(18)19)4-5-11(12)17/h4-5,8H,6-7,9H2,1-3H3,(H,18,19). The third kappa shape index (κ3) is 2.73. The summed E-state index contributed by atoms with van der Waals surface area (Å²) < 4.78 is 11.4. The second-order valence-electron chi connectivity index (χ2n) is 6.84. The molecule has 6 nitrogen and oxygen atoms in total. The summed E-state index contributed by atoms with van der Waals surface area (Å²) in [5, 5.41) is 9.10. The van der Waals surface area contributed by atoms with Gasteiger partial charge in [-0.1, -0.05) is 0 Å². The zero-order chi connectivity index (χ0) is 16.1. The van der Waals surface area contributed by atoms with Gasteiger partial charge in [0.1, 0.15) is 17.0 Å². The van der Waals surface area contributed by atoms with Crippen LogP contribution in [0.5, 0.6) is 5.75 Å². The zero-order valence-electron chi connectivity index (χ0n) is 12.9. The summed E-state index contributed by atoms with van der Waals surface area (Å²) in [6.07, 6.45) is 1.26. The Kier molecular flexibility index (Phi) is 3.09. The monoisotopic (exact) mass is 305 g/mol. The number of carboxylic acids is 1. The van der Waals surface area contributed by atoms with Gasteiger partial charge in [-0.2, -0.15) is 0 Å². The molecule has 0 aromatic heterocycles. The summed E-state index contributed by atoms with van der Waals surface area (Å²) in [6, 6.07) is 4.53. The zero-order valence-corrected chi connectivity index (χ0v) is 12.9. The smallest absolute Gasteiger partial charge is 0.415 e. The van der Waals surface area contributed by atoms with Crippen molar-refractivity contribution in [3.05, 3.63) is 23.8 Å². The van der Waals surface area contributed by atoms with Crippen molar-refractivity contribution in [2.24, 2.45) is 0 Å². The average molecular weight is 305 g/mol. The summed E-state index contributed by atoms with van der Waals surface area (Å²) in [4.78, 5) is 25.1. The van der Waals surface area contributed by atoms with Gasteiger partial charge in [-0.05, 0) is 51.8 Å². The number of hydrogen-bond donors (Lipinski definition) is 1. The lowest BCUT2D eigenvalue weighted by Gasteiger charge is -2.36. The first-order valence-corrected chi connectivity index (χ1v) is 7.26. The van der Waals surface area contributed by atoms with Gasteiger partial charge in [0.15, 0.2) is 0 Å². The van der Waals surface area contributed by atoms with Crippen molar-refractivity contribution in [1.29, 1.82) is 0 Å². The summed E-state index contributed by atoms with van der Waals surface area (Å²) >= 11 is 0. The first kappa shape index (κ1) is 14.7. The normalized spacial score (nSPS) is 18.4. The number of anilines is 1. The fraction of sp³-hybridized carbons (Fsp3) is 0.500. The average Bonchev–Trinajstić information content (AvgIpc) is 3.14. The van der Waals surface area contributed by atoms with Crippen LogP contribution in [0.2, 0.25) is 0 Å². The quantitative estimate of drug-likeness (QED) is 0.863. The summed E-state index contributed by atoms with van der Waals surface area (Å²) in [6.45, 7) is 5.87. The SMILES string of the molecule is CC(C)(C)OC(=O)N1CC2(CC2)Oc2cc(C(=O)O)ccc21. The van der Waals surface area contributed by atoms with E-state index in [2.05, 4.69) is 0 Å². The number of hydrogen-bond acceptors (Lipinski definition) is 4. The van der Waals surface area contributed by atoms with Crippen molar-refractivity contribution in [2.45, 2.75) is 44.8 Å². The van der Waals surface area contributed by atoms with E-state index in [0.717, 1.165) is 12.8 Å². The van der Waals surface area contributed by atoms with Gasteiger partial charge in [-0.3, -0.25) is 4.90 Å². The number of amides is 1. The molecule has 0 radical (unpaired) electrons. The van der Waals surface area contributed by atoms with Crippen molar-refractivity contribution in [3.8, 4) is 5.75 Å². The Morgan fingerprint density at radius 3 is 2.55 bits per heavy atom. The number of ether oxygens (including phenoxy) is 2. The van der Waals surface area contributed by atoms with Crippen LogP contribution in [0.4, 0.5) is 10.5 Å². The summed E-state index contributed by atoms with van der Waals surface area (Å²) in [5.41, 5.74) is -0.286. The molecule has 0 saturated heterocycles. The molecule has 1 fully saturated rings. The lowest BCUT2D eigenvalue weighted by molar-refractivity contribution is 0.0537. The molecule has 0 atom stereocenters. The first-order chi connectivity index (χ1) is 10.2. The predicted molar refractivity (Wildman–Crippen MR) is 79.6 cm³/mol. The van der Waals surface area contributed by atoms with E-state index in [1.54, 1.807) is 11.0 Å². The van der Waals surface area contributed by atoms with E-state index >= 15 is 0 Å². The Bertz CT molecular complexity index is 642. The van der Waals surface area contributed by atoms with Gasteiger partial charge in [-0.25, -0.2) is 9.59 Å².